The molecule has 3 fully saturated rings. The first-order valence-electron chi connectivity index (χ1n) is 35.5. The summed E-state index contributed by atoms with van der Waals surface area (Å²) in [5.41, 5.74) is 0. The van der Waals surface area contributed by atoms with Crippen LogP contribution in [0.3, 0.4) is 0 Å². The van der Waals surface area contributed by atoms with Crippen molar-refractivity contribution in [2.45, 2.75) is 356 Å². The first-order chi connectivity index (χ1) is 43.8. The summed E-state index contributed by atoms with van der Waals surface area (Å²) in [6.45, 7) is 1.66. The van der Waals surface area contributed by atoms with Crippen LogP contribution in [0.2, 0.25) is 0 Å². The molecule has 19 nitrogen and oxygen atoms in total. The van der Waals surface area contributed by atoms with Crippen LogP contribution < -0.4 is 5.32 Å². The van der Waals surface area contributed by atoms with Gasteiger partial charge in [0.05, 0.1) is 38.6 Å². The first-order valence-corrected chi connectivity index (χ1v) is 35.5. The number of hydrogen-bond donors (Lipinski definition) is 12. The van der Waals surface area contributed by atoms with Gasteiger partial charge in [0.2, 0.25) is 5.91 Å². The molecule has 17 unspecified atom stereocenters. The standard InChI is InChI=1S/C71H127NO18/c1-3-5-7-9-11-13-15-17-19-21-22-23-24-25-26-27-28-29-30-31-33-34-36-38-40-42-44-46-48-55(76)54(72-59(77)49-47-45-43-41-39-37-35-32-20-18-16-14-12-10-8-6-4-2)53-85-69-65(83)62(80)67(57(51-74)87-69)90-71-66(84)63(81)68(58(52-75)88-71)89-70-64(82)61(79)60(78)56(50-73)86-70/h6,8,12,14,18,20,35,37,41,43,54-58,60-71,73-76,78-84H,3-5,7,9-11,13,15-17,19,21-34,36,38-40,42,44-53H2,1-2H3,(H,72,77)/b8-6-,14-12-,20-18-,37-35-,43-41-. The Kier molecular flexibility index (Phi) is 47.9. The molecular formula is C71H127NO18. The van der Waals surface area contributed by atoms with E-state index >= 15 is 0 Å². The highest BCUT2D eigenvalue weighted by Crippen LogP contribution is 2.33. The number of unbranched alkanes of at least 4 members (excludes halogenated alkanes) is 28. The number of hydrogen-bond acceptors (Lipinski definition) is 18. The Bertz CT molecular complexity index is 1870. The van der Waals surface area contributed by atoms with Crippen molar-refractivity contribution >= 4 is 5.91 Å². The Morgan fingerprint density at radius 2 is 0.756 bits per heavy atom. The number of rotatable bonds is 54. The third-order valence-corrected chi connectivity index (χ3v) is 17.6. The number of amides is 1. The van der Waals surface area contributed by atoms with E-state index in [2.05, 4.69) is 73.8 Å². The zero-order valence-corrected chi connectivity index (χ0v) is 55.4. The maximum Gasteiger partial charge on any atom is 0.220 e. The number of carbonyl (C=O) groups is 1. The fourth-order valence-electron chi connectivity index (χ4n) is 11.9. The van der Waals surface area contributed by atoms with Crippen molar-refractivity contribution in [3.63, 3.8) is 0 Å². The van der Waals surface area contributed by atoms with Gasteiger partial charge in [0.1, 0.15) is 73.2 Å². The molecule has 0 spiro atoms. The van der Waals surface area contributed by atoms with E-state index in [0.717, 1.165) is 51.4 Å². The predicted octanol–water partition coefficient (Wildman–Crippen LogP) is 9.55. The highest BCUT2D eigenvalue weighted by Gasteiger charge is 2.53. The lowest BCUT2D eigenvalue weighted by molar-refractivity contribution is -0.379. The van der Waals surface area contributed by atoms with Crippen molar-refractivity contribution in [1.82, 2.24) is 5.32 Å². The van der Waals surface area contributed by atoms with E-state index in [9.17, 15) is 61.0 Å². The van der Waals surface area contributed by atoms with E-state index in [4.69, 9.17) is 28.4 Å². The molecule has 12 N–H and O–H groups in total. The molecule has 17 atom stereocenters. The molecule has 0 bridgehead atoms. The molecule has 3 rings (SSSR count). The summed E-state index contributed by atoms with van der Waals surface area (Å²) in [4.78, 5) is 13.4. The second-order valence-electron chi connectivity index (χ2n) is 25.3. The fraction of sp³-hybridized carbons (Fsp3) is 0.845. The normalized spacial score (nSPS) is 28.4. The minimum Gasteiger partial charge on any atom is -0.394 e. The lowest BCUT2D eigenvalue weighted by Crippen LogP contribution is -2.66. The molecule has 90 heavy (non-hydrogen) atoms. The van der Waals surface area contributed by atoms with Crippen LogP contribution in [0, 0.1) is 0 Å². The maximum absolute atomic E-state index is 13.4. The van der Waals surface area contributed by atoms with Gasteiger partial charge in [-0.05, 0) is 51.4 Å². The molecule has 0 aromatic carbocycles. The van der Waals surface area contributed by atoms with Gasteiger partial charge in [-0.2, -0.15) is 0 Å². The highest BCUT2D eigenvalue weighted by molar-refractivity contribution is 5.76. The van der Waals surface area contributed by atoms with E-state index in [-0.39, 0.29) is 18.9 Å². The number of aliphatic hydroxyl groups is 11. The van der Waals surface area contributed by atoms with E-state index in [1.807, 2.05) is 6.08 Å². The Labute approximate surface area is 541 Å². The SMILES string of the molecule is CC/C=C\C/C=C\C/C=C\C/C=C\C/C=C\CCCC(=O)NC(COC1OC(CO)C(OC2OC(CO)C(OC3OC(CO)C(O)C(O)C3O)C(O)C2O)C(O)C1O)C(O)CCCCCCCCCCCCCCCCCCCCCCCCCCCCCC. The van der Waals surface area contributed by atoms with Gasteiger partial charge in [0.15, 0.2) is 18.9 Å². The smallest absolute Gasteiger partial charge is 0.220 e. The van der Waals surface area contributed by atoms with Crippen LogP contribution in [0.4, 0.5) is 0 Å². The first kappa shape index (κ1) is 81.7. The topological polar surface area (TPSA) is 307 Å². The zero-order chi connectivity index (χ0) is 65.4. The Morgan fingerprint density at radius 1 is 0.411 bits per heavy atom. The number of aliphatic hydroxyl groups excluding tert-OH is 11. The maximum atomic E-state index is 13.4. The van der Waals surface area contributed by atoms with Crippen molar-refractivity contribution in [3.8, 4) is 0 Å². The van der Waals surface area contributed by atoms with Gasteiger partial charge >= 0.3 is 0 Å². The van der Waals surface area contributed by atoms with E-state index in [0.29, 0.717) is 25.7 Å². The van der Waals surface area contributed by atoms with Crippen molar-refractivity contribution in [2.24, 2.45) is 0 Å². The third kappa shape index (κ3) is 34.2. The molecular weight excluding hydrogens is 1150 g/mol. The average molecular weight is 1280 g/mol. The van der Waals surface area contributed by atoms with Gasteiger partial charge in [0.25, 0.3) is 0 Å². The van der Waals surface area contributed by atoms with Gasteiger partial charge < -0.3 is 89.9 Å². The second kappa shape index (κ2) is 52.7. The van der Waals surface area contributed by atoms with Crippen LogP contribution in [0.1, 0.15) is 251 Å². The molecule has 524 valence electrons. The minimum absolute atomic E-state index is 0.186. The van der Waals surface area contributed by atoms with Crippen molar-refractivity contribution in [2.75, 3.05) is 26.4 Å². The van der Waals surface area contributed by atoms with Gasteiger partial charge in [0, 0.05) is 6.42 Å². The van der Waals surface area contributed by atoms with Crippen molar-refractivity contribution in [3.05, 3.63) is 60.8 Å². The monoisotopic (exact) mass is 1280 g/mol. The Morgan fingerprint density at radius 3 is 1.16 bits per heavy atom. The molecule has 0 saturated carbocycles. The molecule has 3 heterocycles. The summed E-state index contributed by atoms with van der Waals surface area (Å²) in [6.07, 6.45) is 37.5. The average Bonchev–Trinajstić information content (AvgIpc) is 0.847. The van der Waals surface area contributed by atoms with Gasteiger partial charge in [-0.1, -0.05) is 254 Å². The van der Waals surface area contributed by atoms with Crippen molar-refractivity contribution in [1.29, 1.82) is 0 Å². The summed E-state index contributed by atoms with van der Waals surface area (Å²) >= 11 is 0. The summed E-state index contributed by atoms with van der Waals surface area (Å²) in [6, 6.07) is -0.921. The van der Waals surface area contributed by atoms with Gasteiger partial charge in [-0.15, -0.1) is 0 Å². The van der Waals surface area contributed by atoms with Crippen LogP contribution >= 0.6 is 0 Å². The van der Waals surface area contributed by atoms with Crippen LogP contribution in [0.15, 0.2) is 60.8 Å². The largest absolute Gasteiger partial charge is 0.394 e. The molecule has 0 aliphatic carbocycles. The van der Waals surface area contributed by atoms with E-state index in [1.54, 1.807) is 0 Å². The van der Waals surface area contributed by atoms with Gasteiger partial charge in [-0.25, -0.2) is 0 Å². The van der Waals surface area contributed by atoms with Crippen LogP contribution in [0.5, 0.6) is 0 Å². The van der Waals surface area contributed by atoms with E-state index < -0.39 is 124 Å². The zero-order valence-electron chi connectivity index (χ0n) is 55.4. The number of carbonyl (C=O) groups excluding carboxylic acids is 1. The predicted molar refractivity (Wildman–Crippen MR) is 351 cm³/mol. The van der Waals surface area contributed by atoms with Crippen LogP contribution in [-0.4, -0.2) is 193 Å². The molecule has 3 saturated heterocycles. The summed E-state index contributed by atoms with van der Waals surface area (Å²) in [5, 5.41) is 121. The summed E-state index contributed by atoms with van der Waals surface area (Å²) < 4.78 is 34.4. The van der Waals surface area contributed by atoms with Gasteiger partial charge in [-0.3, -0.25) is 4.79 Å². The number of nitrogens with one attached hydrogen (secondary N) is 1. The highest BCUT2D eigenvalue weighted by atomic mass is 16.8. The molecule has 1 amide bonds. The molecule has 0 aromatic heterocycles. The van der Waals surface area contributed by atoms with Crippen LogP contribution in [0.25, 0.3) is 0 Å². The van der Waals surface area contributed by atoms with Crippen molar-refractivity contribution < 1.29 is 89.4 Å². The number of ether oxygens (including phenoxy) is 6. The summed E-state index contributed by atoms with van der Waals surface area (Å²) in [7, 11) is 0. The molecule has 3 aliphatic heterocycles. The lowest BCUT2D eigenvalue weighted by Gasteiger charge is -2.48. The number of allylic oxidation sites excluding steroid dienone is 10. The minimum atomic E-state index is -1.98. The Hall–Kier alpha value is -2.51. The Balaban J connectivity index is 1.42. The second-order valence-corrected chi connectivity index (χ2v) is 25.3. The quantitative estimate of drug-likeness (QED) is 0.0199. The van der Waals surface area contributed by atoms with Crippen LogP contribution in [-0.2, 0) is 33.2 Å². The van der Waals surface area contributed by atoms with E-state index in [1.165, 1.54) is 154 Å². The molecule has 19 heteroatoms. The lowest BCUT2D eigenvalue weighted by atomic mass is 9.96. The summed E-state index contributed by atoms with van der Waals surface area (Å²) in [5.74, 6) is -0.299. The molecule has 3 aliphatic rings. The third-order valence-electron chi connectivity index (χ3n) is 17.6. The molecule has 0 radical (unpaired) electrons. The molecule has 0 aromatic rings. The fourth-order valence-corrected chi connectivity index (χ4v) is 11.9.